The molecule has 1 saturated heterocycles. The summed E-state index contributed by atoms with van der Waals surface area (Å²) in [6.45, 7) is 12.6. The van der Waals surface area contributed by atoms with Gasteiger partial charge in [-0.05, 0) is 30.5 Å². The number of fused-ring (bicyclic) bond motifs is 1. The molecule has 3 aromatic rings. The third kappa shape index (κ3) is 5.08. The van der Waals surface area contributed by atoms with E-state index >= 15 is 0 Å². The van der Waals surface area contributed by atoms with Crippen LogP contribution in [-0.2, 0) is 4.79 Å². The number of nitrogens with zero attached hydrogens (tertiary/aromatic N) is 7. The van der Waals surface area contributed by atoms with E-state index in [0.29, 0.717) is 11.6 Å². The molecule has 1 atom stereocenters. The van der Waals surface area contributed by atoms with Crippen LogP contribution in [0.25, 0.3) is 17.4 Å². The molecule has 178 valence electrons. The molecule has 1 fully saturated rings. The Bertz CT molecular complexity index is 1080. The third-order valence-corrected chi connectivity index (χ3v) is 5.87. The number of rotatable bonds is 7. The SMILES string of the molecule is CCCCN1CCN(C(=O)[C@@H](Nc2nc(N)n3nc(-c4ccco4)nc3n2)C(C)(C)C)CC1. The van der Waals surface area contributed by atoms with Gasteiger partial charge in [0.05, 0.1) is 6.26 Å². The first-order chi connectivity index (χ1) is 15.8. The van der Waals surface area contributed by atoms with Crippen LogP contribution in [0.3, 0.4) is 0 Å². The molecule has 0 spiro atoms. The summed E-state index contributed by atoms with van der Waals surface area (Å²) in [6.07, 6.45) is 3.91. The first kappa shape index (κ1) is 23.0. The van der Waals surface area contributed by atoms with Gasteiger partial charge in [-0.1, -0.05) is 34.1 Å². The number of hydrogen-bond acceptors (Lipinski definition) is 9. The molecule has 4 rings (SSSR count). The lowest BCUT2D eigenvalue weighted by molar-refractivity contribution is -0.136. The van der Waals surface area contributed by atoms with Crippen molar-refractivity contribution in [1.82, 2.24) is 34.4 Å². The lowest BCUT2D eigenvalue weighted by atomic mass is 9.85. The minimum absolute atomic E-state index is 0.0393. The lowest BCUT2D eigenvalue weighted by Gasteiger charge is -2.39. The highest BCUT2D eigenvalue weighted by Crippen LogP contribution is 2.25. The van der Waals surface area contributed by atoms with Crippen molar-refractivity contribution < 1.29 is 9.21 Å². The average Bonchev–Trinajstić information content (AvgIpc) is 3.45. The van der Waals surface area contributed by atoms with Crippen molar-refractivity contribution in [1.29, 1.82) is 0 Å². The van der Waals surface area contributed by atoms with Crippen LogP contribution in [0.5, 0.6) is 0 Å². The average molecular weight is 456 g/mol. The van der Waals surface area contributed by atoms with Crippen molar-refractivity contribution in [2.45, 2.75) is 46.6 Å². The molecule has 0 aliphatic carbocycles. The maximum Gasteiger partial charge on any atom is 0.259 e. The largest absolute Gasteiger partial charge is 0.461 e. The maximum atomic E-state index is 13.5. The summed E-state index contributed by atoms with van der Waals surface area (Å²) in [5.41, 5.74) is 5.75. The molecule has 0 aromatic carbocycles. The van der Waals surface area contributed by atoms with Crippen LogP contribution < -0.4 is 11.1 Å². The van der Waals surface area contributed by atoms with Crippen molar-refractivity contribution in [3.8, 4) is 11.6 Å². The minimum atomic E-state index is -0.519. The maximum absolute atomic E-state index is 13.5. The van der Waals surface area contributed by atoms with E-state index in [-0.39, 0.29) is 29.0 Å². The van der Waals surface area contributed by atoms with Gasteiger partial charge in [-0.2, -0.15) is 19.5 Å². The van der Waals surface area contributed by atoms with E-state index in [1.807, 2.05) is 25.7 Å². The summed E-state index contributed by atoms with van der Waals surface area (Å²) in [5.74, 6) is 1.56. The normalized spacial score (nSPS) is 16.3. The van der Waals surface area contributed by atoms with Crippen LogP contribution in [0.2, 0.25) is 0 Å². The molecule has 3 aromatic heterocycles. The van der Waals surface area contributed by atoms with Gasteiger partial charge in [0.25, 0.3) is 5.78 Å². The Kier molecular flexibility index (Phi) is 6.50. The number of hydrogen-bond donors (Lipinski definition) is 2. The molecule has 11 heteroatoms. The highest BCUT2D eigenvalue weighted by Gasteiger charge is 2.36. The van der Waals surface area contributed by atoms with Gasteiger partial charge in [0.2, 0.25) is 23.6 Å². The molecule has 1 aliphatic heterocycles. The number of furan rings is 1. The zero-order chi connectivity index (χ0) is 23.6. The quantitative estimate of drug-likeness (QED) is 0.550. The van der Waals surface area contributed by atoms with Gasteiger partial charge in [0.1, 0.15) is 6.04 Å². The second-order valence-corrected chi connectivity index (χ2v) is 9.49. The molecule has 0 saturated carbocycles. The third-order valence-electron chi connectivity index (χ3n) is 5.87. The Morgan fingerprint density at radius 1 is 1.21 bits per heavy atom. The Hall–Kier alpha value is -3.21. The Balaban J connectivity index is 1.52. The van der Waals surface area contributed by atoms with Crippen molar-refractivity contribution in [3.63, 3.8) is 0 Å². The second-order valence-electron chi connectivity index (χ2n) is 9.49. The van der Waals surface area contributed by atoms with Gasteiger partial charge in [-0.25, -0.2) is 0 Å². The Labute approximate surface area is 193 Å². The van der Waals surface area contributed by atoms with Crippen molar-refractivity contribution in [2.75, 3.05) is 43.8 Å². The zero-order valence-corrected chi connectivity index (χ0v) is 19.8. The van der Waals surface area contributed by atoms with Gasteiger partial charge in [-0.3, -0.25) is 9.69 Å². The molecule has 0 bridgehead atoms. The standard InChI is InChI=1S/C22H33N9O2/c1-5-6-9-29-10-12-30(13-11-29)18(32)16(22(2,3)4)24-20-26-19(23)31-21(27-20)25-17(28-31)15-8-7-14-33-15/h7-8,14,16H,5-6,9-13H2,1-4H3,(H3,23,24,25,26,27,28)/t16-/m1/s1. The number of unbranched alkanes of at least 4 members (excludes halogenated alkanes) is 1. The van der Waals surface area contributed by atoms with Gasteiger partial charge in [-0.15, -0.1) is 5.10 Å². The zero-order valence-electron chi connectivity index (χ0n) is 19.8. The van der Waals surface area contributed by atoms with Crippen molar-refractivity contribution in [2.24, 2.45) is 5.41 Å². The summed E-state index contributed by atoms with van der Waals surface area (Å²) in [7, 11) is 0. The molecule has 33 heavy (non-hydrogen) atoms. The Morgan fingerprint density at radius 3 is 2.61 bits per heavy atom. The number of amides is 1. The molecule has 4 heterocycles. The predicted molar refractivity (Wildman–Crippen MR) is 125 cm³/mol. The molecular weight excluding hydrogens is 422 g/mol. The van der Waals surface area contributed by atoms with E-state index in [0.717, 1.165) is 32.7 Å². The fourth-order valence-electron chi connectivity index (χ4n) is 3.91. The van der Waals surface area contributed by atoms with E-state index in [4.69, 9.17) is 10.2 Å². The summed E-state index contributed by atoms with van der Waals surface area (Å²) in [5, 5.41) is 7.54. The van der Waals surface area contributed by atoms with E-state index in [1.54, 1.807) is 18.4 Å². The number of piperazine rings is 1. The van der Waals surface area contributed by atoms with E-state index in [9.17, 15) is 4.79 Å². The van der Waals surface area contributed by atoms with Gasteiger partial charge < -0.3 is 20.4 Å². The van der Waals surface area contributed by atoms with Gasteiger partial charge >= 0.3 is 0 Å². The number of carbonyl (C=O) groups excluding carboxylic acids is 1. The molecule has 0 unspecified atom stereocenters. The number of carbonyl (C=O) groups is 1. The summed E-state index contributed by atoms with van der Waals surface area (Å²) >= 11 is 0. The Morgan fingerprint density at radius 2 is 1.97 bits per heavy atom. The van der Waals surface area contributed by atoms with Crippen molar-refractivity contribution in [3.05, 3.63) is 18.4 Å². The lowest BCUT2D eigenvalue weighted by Crippen LogP contribution is -2.55. The molecule has 1 amide bonds. The summed E-state index contributed by atoms with van der Waals surface area (Å²) < 4.78 is 6.71. The topological polar surface area (TPSA) is 131 Å². The van der Waals surface area contributed by atoms with Gasteiger partial charge in [0, 0.05) is 26.2 Å². The molecule has 1 aliphatic rings. The highest BCUT2D eigenvalue weighted by molar-refractivity contribution is 5.85. The fourth-order valence-corrected chi connectivity index (χ4v) is 3.91. The first-order valence-corrected chi connectivity index (χ1v) is 11.5. The highest BCUT2D eigenvalue weighted by atomic mass is 16.3. The number of anilines is 2. The van der Waals surface area contributed by atoms with Crippen LogP contribution in [0.15, 0.2) is 22.8 Å². The summed E-state index contributed by atoms with van der Waals surface area (Å²) in [4.78, 5) is 31.0. The molecule has 11 nitrogen and oxygen atoms in total. The second kappa shape index (κ2) is 9.34. The number of nitrogen functional groups attached to an aromatic ring is 1. The predicted octanol–water partition coefficient (Wildman–Crippen LogP) is 2.13. The van der Waals surface area contributed by atoms with Crippen LogP contribution >= 0.6 is 0 Å². The smallest absolute Gasteiger partial charge is 0.259 e. The number of nitrogens with one attached hydrogen (secondary N) is 1. The minimum Gasteiger partial charge on any atom is -0.461 e. The molecule has 3 N–H and O–H groups in total. The van der Waals surface area contributed by atoms with Crippen LogP contribution in [0.1, 0.15) is 40.5 Å². The van der Waals surface area contributed by atoms with Crippen LogP contribution in [-0.4, -0.2) is 79.0 Å². The molecular formula is C22H33N9O2. The number of aromatic nitrogens is 5. The van der Waals surface area contributed by atoms with E-state index in [2.05, 4.69) is 37.2 Å². The van der Waals surface area contributed by atoms with Gasteiger partial charge in [0.15, 0.2) is 5.76 Å². The fraction of sp³-hybridized carbons (Fsp3) is 0.591. The van der Waals surface area contributed by atoms with Crippen LogP contribution in [0.4, 0.5) is 11.9 Å². The van der Waals surface area contributed by atoms with E-state index < -0.39 is 6.04 Å². The van der Waals surface area contributed by atoms with Crippen molar-refractivity contribution >= 4 is 23.6 Å². The molecule has 0 radical (unpaired) electrons. The van der Waals surface area contributed by atoms with E-state index in [1.165, 1.54) is 17.4 Å². The first-order valence-electron chi connectivity index (χ1n) is 11.5. The monoisotopic (exact) mass is 455 g/mol. The summed E-state index contributed by atoms with van der Waals surface area (Å²) in [6, 6.07) is 2.99. The van der Waals surface area contributed by atoms with Crippen LogP contribution in [0, 0.1) is 5.41 Å². The number of nitrogens with two attached hydrogens (primary N) is 1.